The first-order chi connectivity index (χ1) is 11.5. The topological polar surface area (TPSA) is 96.0 Å². The smallest absolute Gasteiger partial charge is 0.319 e. The van der Waals surface area contributed by atoms with Crippen LogP contribution in [0.2, 0.25) is 5.02 Å². The lowest BCUT2D eigenvalue weighted by Gasteiger charge is -2.03. The summed E-state index contributed by atoms with van der Waals surface area (Å²) in [6.07, 6.45) is 1.38. The van der Waals surface area contributed by atoms with Gasteiger partial charge in [-0.3, -0.25) is 10.1 Å². The minimum Gasteiger partial charge on any atom is -0.351 e. The summed E-state index contributed by atoms with van der Waals surface area (Å²) in [6.45, 7) is 0. The summed E-state index contributed by atoms with van der Waals surface area (Å²) >= 11 is 7.41. The van der Waals surface area contributed by atoms with Gasteiger partial charge in [-0.1, -0.05) is 35.5 Å². The second kappa shape index (κ2) is 8.20. The predicted molar refractivity (Wildman–Crippen MR) is 93.3 cm³/mol. The van der Waals surface area contributed by atoms with E-state index in [0.29, 0.717) is 10.6 Å². The van der Waals surface area contributed by atoms with Gasteiger partial charge in [0, 0.05) is 14.8 Å². The molecule has 0 aliphatic heterocycles. The summed E-state index contributed by atoms with van der Waals surface area (Å²) in [4.78, 5) is 24.3. The zero-order valence-electron chi connectivity index (χ0n) is 12.3. The molecular weight excluding hydrogens is 346 g/mol. The molecule has 3 amide bonds. The van der Waals surface area contributed by atoms with Crippen LogP contribution >= 0.6 is 23.4 Å². The van der Waals surface area contributed by atoms with E-state index in [2.05, 4.69) is 0 Å². The van der Waals surface area contributed by atoms with Crippen LogP contribution in [0, 0.1) is 11.3 Å². The zero-order valence-corrected chi connectivity index (χ0v) is 13.9. The van der Waals surface area contributed by atoms with E-state index >= 15 is 0 Å². The molecule has 0 heterocycles. The minimum absolute atomic E-state index is 0.202. The Morgan fingerprint density at radius 2 is 1.62 bits per heavy atom. The van der Waals surface area contributed by atoms with Crippen LogP contribution in [0.25, 0.3) is 6.08 Å². The number of amides is 3. The SMILES string of the molecule is N#C/C(=C/c1ccc(Sc2ccc(Cl)cc2)cc1)C(=O)NC(N)=O. The van der Waals surface area contributed by atoms with Gasteiger partial charge in [0.05, 0.1) is 0 Å². The zero-order chi connectivity index (χ0) is 17.5. The van der Waals surface area contributed by atoms with Gasteiger partial charge in [-0.05, 0) is 48.0 Å². The van der Waals surface area contributed by atoms with Crippen LogP contribution < -0.4 is 11.1 Å². The summed E-state index contributed by atoms with van der Waals surface area (Å²) in [7, 11) is 0. The fourth-order valence-corrected chi connectivity index (χ4v) is 2.71. The van der Waals surface area contributed by atoms with Crippen molar-refractivity contribution in [2.75, 3.05) is 0 Å². The maximum atomic E-state index is 11.6. The van der Waals surface area contributed by atoms with Gasteiger partial charge in [0.25, 0.3) is 5.91 Å². The number of nitrogens with one attached hydrogen (secondary N) is 1. The number of rotatable bonds is 4. The Kier molecular flexibility index (Phi) is 6.01. The molecule has 5 nitrogen and oxygen atoms in total. The standard InChI is InChI=1S/C17H12ClN3O2S/c18-13-3-7-15(8-4-13)24-14-5-1-11(2-6-14)9-12(10-19)16(22)21-17(20)23/h1-9H,(H3,20,21,22,23)/b12-9-. The van der Waals surface area contributed by atoms with Gasteiger partial charge in [0.2, 0.25) is 0 Å². The molecule has 0 radical (unpaired) electrons. The van der Waals surface area contributed by atoms with E-state index in [1.807, 2.05) is 41.7 Å². The molecule has 0 unspecified atom stereocenters. The molecule has 2 aromatic rings. The molecule has 3 N–H and O–H groups in total. The number of hydrogen-bond donors (Lipinski definition) is 2. The van der Waals surface area contributed by atoms with E-state index in [1.54, 1.807) is 30.0 Å². The predicted octanol–water partition coefficient (Wildman–Crippen LogP) is 3.59. The first-order valence-corrected chi connectivity index (χ1v) is 7.93. The van der Waals surface area contributed by atoms with Gasteiger partial charge < -0.3 is 5.73 Å². The molecule has 0 fully saturated rings. The highest BCUT2D eigenvalue weighted by Crippen LogP contribution is 2.28. The quantitative estimate of drug-likeness (QED) is 0.645. The third-order valence-corrected chi connectivity index (χ3v) is 4.11. The highest BCUT2D eigenvalue weighted by atomic mass is 35.5. The number of nitrogens with two attached hydrogens (primary N) is 1. The highest BCUT2D eigenvalue weighted by Gasteiger charge is 2.10. The number of carbonyl (C=O) groups is 2. The Hall–Kier alpha value is -2.75. The third-order valence-electron chi connectivity index (χ3n) is 2.84. The Bertz CT molecular complexity index is 824. The number of primary amides is 1. The number of imide groups is 1. The van der Waals surface area contributed by atoms with Crippen LogP contribution in [-0.2, 0) is 4.79 Å². The summed E-state index contributed by atoms with van der Waals surface area (Å²) < 4.78 is 0. The first kappa shape index (κ1) is 17.6. The molecule has 120 valence electrons. The van der Waals surface area contributed by atoms with Crippen LogP contribution in [0.1, 0.15) is 5.56 Å². The van der Waals surface area contributed by atoms with Gasteiger partial charge in [-0.25, -0.2) is 4.79 Å². The van der Waals surface area contributed by atoms with Gasteiger partial charge in [0.15, 0.2) is 0 Å². The van der Waals surface area contributed by atoms with E-state index in [4.69, 9.17) is 22.6 Å². The lowest BCUT2D eigenvalue weighted by Crippen LogP contribution is -2.35. The van der Waals surface area contributed by atoms with Crippen molar-refractivity contribution >= 4 is 41.4 Å². The average Bonchev–Trinajstić information content (AvgIpc) is 2.55. The largest absolute Gasteiger partial charge is 0.351 e. The summed E-state index contributed by atoms with van der Waals surface area (Å²) in [6, 6.07) is 15.5. The molecule has 0 aliphatic carbocycles. The summed E-state index contributed by atoms with van der Waals surface area (Å²) in [5, 5.41) is 11.5. The number of urea groups is 1. The van der Waals surface area contributed by atoms with Gasteiger partial charge in [0.1, 0.15) is 11.6 Å². The van der Waals surface area contributed by atoms with Crippen molar-refractivity contribution in [3.63, 3.8) is 0 Å². The fourth-order valence-electron chi connectivity index (χ4n) is 1.77. The number of carbonyl (C=O) groups excluding carboxylic acids is 2. The number of nitriles is 1. The molecule has 0 saturated heterocycles. The second-order valence-electron chi connectivity index (χ2n) is 4.61. The molecule has 0 bridgehead atoms. The van der Waals surface area contributed by atoms with E-state index in [9.17, 15) is 9.59 Å². The van der Waals surface area contributed by atoms with Crippen LogP contribution in [0.3, 0.4) is 0 Å². The van der Waals surface area contributed by atoms with Crippen molar-refractivity contribution in [3.05, 3.63) is 64.7 Å². The summed E-state index contributed by atoms with van der Waals surface area (Å²) in [5.74, 6) is -0.829. The Morgan fingerprint density at radius 1 is 1.08 bits per heavy atom. The third kappa shape index (κ3) is 5.16. The molecule has 7 heteroatoms. The number of benzene rings is 2. The first-order valence-electron chi connectivity index (χ1n) is 6.74. The number of halogens is 1. The second-order valence-corrected chi connectivity index (χ2v) is 6.20. The molecule has 24 heavy (non-hydrogen) atoms. The molecule has 0 atom stereocenters. The lowest BCUT2D eigenvalue weighted by atomic mass is 10.1. The summed E-state index contributed by atoms with van der Waals surface area (Å²) in [5.41, 5.74) is 5.32. The van der Waals surface area contributed by atoms with E-state index < -0.39 is 11.9 Å². The molecular formula is C17H12ClN3O2S. The van der Waals surface area contributed by atoms with Gasteiger partial charge >= 0.3 is 6.03 Å². The normalized spacial score (nSPS) is 10.8. The monoisotopic (exact) mass is 357 g/mol. The van der Waals surface area contributed by atoms with E-state index in [0.717, 1.165) is 9.79 Å². The Labute approximate surface area is 148 Å². The Balaban J connectivity index is 2.12. The maximum Gasteiger partial charge on any atom is 0.319 e. The Morgan fingerprint density at radius 3 is 2.12 bits per heavy atom. The molecule has 0 aromatic heterocycles. The van der Waals surface area contributed by atoms with Crippen LogP contribution in [0.4, 0.5) is 4.79 Å². The van der Waals surface area contributed by atoms with Crippen molar-refractivity contribution in [2.24, 2.45) is 5.73 Å². The van der Waals surface area contributed by atoms with Crippen molar-refractivity contribution in [2.45, 2.75) is 9.79 Å². The minimum atomic E-state index is -1.00. The van der Waals surface area contributed by atoms with Crippen LogP contribution in [-0.4, -0.2) is 11.9 Å². The fraction of sp³-hybridized carbons (Fsp3) is 0. The number of hydrogen-bond acceptors (Lipinski definition) is 4. The molecule has 2 aromatic carbocycles. The van der Waals surface area contributed by atoms with E-state index in [1.165, 1.54) is 6.08 Å². The molecule has 2 rings (SSSR count). The highest BCUT2D eigenvalue weighted by molar-refractivity contribution is 7.99. The molecule has 0 aliphatic rings. The van der Waals surface area contributed by atoms with Crippen molar-refractivity contribution in [1.82, 2.24) is 5.32 Å². The van der Waals surface area contributed by atoms with E-state index in [-0.39, 0.29) is 5.57 Å². The molecule has 0 spiro atoms. The van der Waals surface area contributed by atoms with Crippen LogP contribution in [0.5, 0.6) is 0 Å². The van der Waals surface area contributed by atoms with Gasteiger partial charge in [-0.15, -0.1) is 0 Å². The van der Waals surface area contributed by atoms with Crippen molar-refractivity contribution in [1.29, 1.82) is 5.26 Å². The lowest BCUT2D eigenvalue weighted by molar-refractivity contribution is -0.115. The molecule has 0 saturated carbocycles. The number of nitrogens with zero attached hydrogens (tertiary/aromatic N) is 1. The van der Waals surface area contributed by atoms with Crippen LogP contribution in [0.15, 0.2) is 63.9 Å². The van der Waals surface area contributed by atoms with Crippen molar-refractivity contribution < 1.29 is 9.59 Å². The average molecular weight is 358 g/mol. The maximum absolute atomic E-state index is 11.6. The van der Waals surface area contributed by atoms with Gasteiger partial charge in [-0.2, -0.15) is 5.26 Å². The van der Waals surface area contributed by atoms with Crippen molar-refractivity contribution in [3.8, 4) is 6.07 Å².